The van der Waals surface area contributed by atoms with Gasteiger partial charge in [-0.1, -0.05) is 6.92 Å². The molecule has 1 aromatic heterocycles. The molecule has 13 heavy (non-hydrogen) atoms. The topological polar surface area (TPSA) is 25.7 Å². The van der Waals surface area contributed by atoms with E-state index in [0.29, 0.717) is 6.10 Å². The summed E-state index contributed by atoms with van der Waals surface area (Å²) in [6.07, 6.45) is 1.50. The molecular formula is C10H14O2S. The van der Waals surface area contributed by atoms with E-state index in [-0.39, 0.29) is 0 Å². The maximum absolute atomic E-state index is 5.57. The second kappa shape index (κ2) is 4.20. The highest BCUT2D eigenvalue weighted by molar-refractivity contribution is 7.98. The maximum atomic E-state index is 5.57. The van der Waals surface area contributed by atoms with E-state index in [1.165, 1.54) is 0 Å². The zero-order chi connectivity index (χ0) is 9.10. The fourth-order valence-electron chi connectivity index (χ4n) is 1.15. The summed E-state index contributed by atoms with van der Waals surface area (Å²) in [6, 6.07) is 4.13. The van der Waals surface area contributed by atoms with Gasteiger partial charge in [0, 0.05) is 12.2 Å². The summed E-state index contributed by atoms with van der Waals surface area (Å²) < 4.78 is 10.7. The zero-order valence-corrected chi connectivity index (χ0v) is 8.60. The van der Waals surface area contributed by atoms with Crippen LogP contribution in [0.2, 0.25) is 0 Å². The standard InChI is InChI=1S/C10H14O2S/c1-2-8-3-4-9(12-8)6-13-7-10-5-11-10/h3-4,10H,2,5-7H2,1H3/t10-/m1/s1. The zero-order valence-electron chi connectivity index (χ0n) is 7.79. The number of rotatable bonds is 5. The highest BCUT2D eigenvalue weighted by Gasteiger charge is 2.21. The molecule has 0 spiro atoms. The van der Waals surface area contributed by atoms with Crippen molar-refractivity contribution in [3.63, 3.8) is 0 Å². The van der Waals surface area contributed by atoms with E-state index in [2.05, 4.69) is 19.1 Å². The Morgan fingerprint density at radius 2 is 2.23 bits per heavy atom. The summed E-state index contributed by atoms with van der Waals surface area (Å²) in [5.41, 5.74) is 0. The van der Waals surface area contributed by atoms with Gasteiger partial charge in [-0.2, -0.15) is 11.8 Å². The van der Waals surface area contributed by atoms with Gasteiger partial charge in [-0.05, 0) is 12.1 Å². The molecule has 2 rings (SSSR count). The predicted molar refractivity (Wildman–Crippen MR) is 54.0 cm³/mol. The third-order valence-electron chi connectivity index (χ3n) is 2.02. The molecule has 1 aliphatic heterocycles. The number of aryl methyl sites for hydroxylation is 1. The van der Waals surface area contributed by atoms with Crippen molar-refractivity contribution >= 4 is 11.8 Å². The Kier molecular flexibility index (Phi) is 2.96. The molecule has 1 aromatic rings. The van der Waals surface area contributed by atoms with Gasteiger partial charge in [0.25, 0.3) is 0 Å². The van der Waals surface area contributed by atoms with E-state index in [1.807, 2.05) is 11.8 Å². The van der Waals surface area contributed by atoms with Crippen LogP contribution in [-0.2, 0) is 16.9 Å². The van der Waals surface area contributed by atoms with Crippen molar-refractivity contribution in [1.82, 2.24) is 0 Å². The quantitative estimate of drug-likeness (QED) is 0.680. The molecule has 0 radical (unpaired) electrons. The minimum atomic E-state index is 0.519. The molecule has 1 saturated heterocycles. The first-order valence-electron chi connectivity index (χ1n) is 4.65. The Balaban J connectivity index is 1.72. The first-order valence-corrected chi connectivity index (χ1v) is 5.81. The Hall–Kier alpha value is -0.410. The molecule has 1 atom stereocenters. The number of ether oxygens (including phenoxy) is 1. The normalized spacial score (nSPS) is 20.5. The van der Waals surface area contributed by atoms with Crippen LogP contribution >= 0.6 is 11.8 Å². The molecule has 0 amide bonds. The Bertz CT molecular complexity index is 266. The molecule has 0 N–H and O–H groups in total. The van der Waals surface area contributed by atoms with Crippen molar-refractivity contribution in [2.75, 3.05) is 12.4 Å². The van der Waals surface area contributed by atoms with E-state index >= 15 is 0 Å². The van der Waals surface area contributed by atoms with Gasteiger partial charge in [0.1, 0.15) is 11.5 Å². The lowest BCUT2D eigenvalue weighted by molar-refractivity contribution is 0.426. The highest BCUT2D eigenvalue weighted by Crippen LogP contribution is 2.21. The number of thioether (sulfide) groups is 1. The highest BCUT2D eigenvalue weighted by atomic mass is 32.2. The lowest BCUT2D eigenvalue weighted by atomic mass is 10.4. The van der Waals surface area contributed by atoms with Gasteiger partial charge in [0.05, 0.1) is 18.5 Å². The van der Waals surface area contributed by atoms with Crippen LogP contribution < -0.4 is 0 Å². The van der Waals surface area contributed by atoms with E-state index in [9.17, 15) is 0 Å². The van der Waals surface area contributed by atoms with Crippen molar-refractivity contribution in [2.24, 2.45) is 0 Å². The molecule has 0 bridgehead atoms. The predicted octanol–water partition coefficient (Wildman–Crippen LogP) is 2.47. The molecule has 0 aromatic carbocycles. The van der Waals surface area contributed by atoms with Crippen molar-refractivity contribution in [3.8, 4) is 0 Å². The molecule has 0 unspecified atom stereocenters. The van der Waals surface area contributed by atoms with Crippen LogP contribution in [0, 0.1) is 0 Å². The van der Waals surface area contributed by atoms with Crippen LogP contribution in [0.1, 0.15) is 18.4 Å². The first-order chi connectivity index (χ1) is 6.38. The Labute approximate surface area is 82.6 Å². The van der Waals surface area contributed by atoms with Gasteiger partial charge in [0.15, 0.2) is 0 Å². The third-order valence-corrected chi connectivity index (χ3v) is 3.11. The number of furan rings is 1. The smallest absolute Gasteiger partial charge is 0.114 e. The second-order valence-electron chi connectivity index (χ2n) is 3.19. The minimum absolute atomic E-state index is 0.519. The molecule has 3 heteroatoms. The minimum Gasteiger partial charge on any atom is -0.465 e. The second-order valence-corrected chi connectivity index (χ2v) is 4.22. The molecule has 0 saturated carbocycles. The van der Waals surface area contributed by atoms with Gasteiger partial charge in [-0.15, -0.1) is 0 Å². The van der Waals surface area contributed by atoms with E-state index in [1.54, 1.807) is 0 Å². The number of hydrogen-bond acceptors (Lipinski definition) is 3. The van der Waals surface area contributed by atoms with Crippen LogP contribution in [0.5, 0.6) is 0 Å². The molecule has 72 valence electrons. The molecule has 2 nitrogen and oxygen atoms in total. The fourth-order valence-corrected chi connectivity index (χ4v) is 2.07. The average molecular weight is 198 g/mol. The van der Waals surface area contributed by atoms with Crippen molar-refractivity contribution in [2.45, 2.75) is 25.2 Å². The van der Waals surface area contributed by atoms with Gasteiger partial charge in [-0.25, -0.2) is 0 Å². The van der Waals surface area contributed by atoms with Crippen LogP contribution in [0.15, 0.2) is 16.5 Å². The van der Waals surface area contributed by atoms with Crippen molar-refractivity contribution in [1.29, 1.82) is 0 Å². The lowest BCUT2D eigenvalue weighted by Gasteiger charge is -1.95. The Morgan fingerprint density at radius 3 is 2.85 bits per heavy atom. The summed E-state index contributed by atoms with van der Waals surface area (Å²) in [6.45, 7) is 3.05. The maximum Gasteiger partial charge on any atom is 0.114 e. The van der Waals surface area contributed by atoms with Crippen LogP contribution in [0.4, 0.5) is 0 Å². The molecule has 1 aliphatic rings. The van der Waals surface area contributed by atoms with Gasteiger partial charge < -0.3 is 9.15 Å². The third kappa shape index (κ3) is 2.78. The van der Waals surface area contributed by atoms with Gasteiger partial charge in [-0.3, -0.25) is 0 Å². The summed E-state index contributed by atoms with van der Waals surface area (Å²) >= 11 is 1.88. The largest absolute Gasteiger partial charge is 0.465 e. The fraction of sp³-hybridized carbons (Fsp3) is 0.600. The SMILES string of the molecule is CCc1ccc(CSC[C@H]2CO2)o1. The average Bonchev–Trinajstić information content (AvgIpc) is 2.84. The van der Waals surface area contributed by atoms with Crippen molar-refractivity contribution < 1.29 is 9.15 Å². The monoisotopic (exact) mass is 198 g/mol. The summed E-state index contributed by atoms with van der Waals surface area (Å²) in [4.78, 5) is 0. The van der Waals surface area contributed by atoms with E-state index in [4.69, 9.17) is 9.15 Å². The summed E-state index contributed by atoms with van der Waals surface area (Å²) in [5.74, 6) is 4.24. The lowest BCUT2D eigenvalue weighted by Crippen LogP contribution is -1.89. The molecule has 0 aliphatic carbocycles. The Morgan fingerprint density at radius 1 is 1.46 bits per heavy atom. The van der Waals surface area contributed by atoms with E-state index in [0.717, 1.165) is 36.1 Å². The molecule has 1 fully saturated rings. The number of hydrogen-bond donors (Lipinski definition) is 0. The number of epoxide rings is 1. The molecule has 2 heterocycles. The van der Waals surface area contributed by atoms with Gasteiger partial charge in [0.2, 0.25) is 0 Å². The molecular weight excluding hydrogens is 184 g/mol. The van der Waals surface area contributed by atoms with Crippen LogP contribution in [0.3, 0.4) is 0 Å². The van der Waals surface area contributed by atoms with Crippen LogP contribution in [0.25, 0.3) is 0 Å². The van der Waals surface area contributed by atoms with E-state index < -0.39 is 0 Å². The summed E-state index contributed by atoms with van der Waals surface area (Å²) in [5, 5.41) is 0. The van der Waals surface area contributed by atoms with Crippen LogP contribution in [-0.4, -0.2) is 18.5 Å². The van der Waals surface area contributed by atoms with Gasteiger partial charge >= 0.3 is 0 Å². The first kappa shape index (κ1) is 9.16. The van der Waals surface area contributed by atoms with Crippen molar-refractivity contribution in [3.05, 3.63) is 23.7 Å². The summed E-state index contributed by atoms with van der Waals surface area (Å²) in [7, 11) is 0.